The molecule has 1 fully saturated rings. The minimum absolute atomic E-state index is 0.163. The van der Waals surface area contributed by atoms with Crippen LogP contribution < -0.4 is 5.32 Å². The predicted octanol–water partition coefficient (Wildman–Crippen LogP) is 2.90. The van der Waals surface area contributed by atoms with Gasteiger partial charge in [0.1, 0.15) is 5.82 Å². The maximum absolute atomic E-state index is 12.0. The highest BCUT2D eigenvalue weighted by atomic mass is 16.1. The van der Waals surface area contributed by atoms with Gasteiger partial charge in [0.2, 0.25) is 5.91 Å². The van der Waals surface area contributed by atoms with E-state index in [2.05, 4.69) is 22.3 Å². The summed E-state index contributed by atoms with van der Waals surface area (Å²) >= 11 is 0. The zero-order valence-corrected chi connectivity index (χ0v) is 11.9. The van der Waals surface area contributed by atoms with Gasteiger partial charge in [-0.25, -0.2) is 4.68 Å². The van der Waals surface area contributed by atoms with Crippen LogP contribution in [0.5, 0.6) is 0 Å². The van der Waals surface area contributed by atoms with Gasteiger partial charge in [0, 0.05) is 24.5 Å². The molecule has 21 heavy (non-hydrogen) atoms. The second-order valence-corrected chi connectivity index (χ2v) is 5.35. The molecule has 2 heterocycles. The van der Waals surface area contributed by atoms with Crippen molar-refractivity contribution in [3.63, 3.8) is 0 Å². The highest BCUT2D eigenvalue weighted by molar-refractivity contribution is 6.01. The van der Waals surface area contributed by atoms with Crippen LogP contribution in [0.3, 0.4) is 0 Å². The molecule has 1 saturated carbocycles. The van der Waals surface area contributed by atoms with Crippen LogP contribution >= 0.6 is 0 Å². The molecule has 0 bridgehead atoms. The Kier molecular flexibility index (Phi) is 3.81. The Morgan fingerprint density at radius 1 is 1.43 bits per heavy atom. The van der Waals surface area contributed by atoms with Crippen LogP contribution in [0.1, 0.15) is 31.4 Å². The molecule has 0 aliphatic heterocycles. The second kappa shape index (κ2) is 5.91. The van der Waals surface area contributed by atoms with Crippen molar-refractivity contribution in [2.75, 3.05) is 5.32 Å². The van der Waals surface area contributed by atoms with Crippen LogP contribution in [-0.4, -0.2) is 20.7 Å². The summed E-state index contributed by atoms with van der Waals surface area (Å²) in [5.74, 6) is 1.27. The van der Waals surface area contributed by atoms with Crippen LogP contribution in [-0.2, 0) is 4.79 Å². The van der Waals surface area contributed by atoms with Crippen molar-refractivity contribution in [3.05, 3.63) is 48.4 Å². The molecule has 1 N–H and O–H groups in total. The summed E-state index contributed by atoms with van der Waals surface area (Å²) in [6.45, 7) is 2.14. The summed E-state index contributed by atoms with van der Waals surface area (Å²) < 4.78 is 1.90. The lowest BCUT2D eigenvalue weighted by Crippen LogP contribution is -2.16. The van der Waals surface area contributed by atoms with Gasteiger partial charge in [-0.1, -0.05) is 6.07 Å². The Balaban J connectivity index is 1.65. The van der Waals surface area contributed by atoms with Gasteiger partial charge in [0.05, 0.1) is 12.2 Å². The summed E-state index contributed by atoms with van der Waals surface area (Å²) in [4.78, 5) is 16.0. The number of nitrogens with one attached hydrogen (secondary N) is 1. The topological polar surface area (TPSA) is 59.8 Å². The van der Waals surface area contributed by atoms with E-state index in [9.17, 15) is 4.79 Å². The van der Waals surface area contributed by atoms with E-state index >= 15 is 0 Å². The Bertz CT molecular complexity index is 643. The van der Waals surface area contributed by atoms with E-state index < -0.39 is 0 Å². The van der Waals surface area contributed by atoms with Gasteiger partial charge in [-0.2, -0.15) is 5.10 Å². The smallest absolute Gasteiger partial charge is 0.249 e. The molecule has 1 unspecified atom stereocenters. The van der Waals surface area contributed by atoms with Gasteiger partial charge in [0.25, 0.3) is 0 Å². The molecule has 0 spiro atoms. The number of carbonyl (C=O) groups is 1. The third-order valence-electron chi connectivity index (χ3n) is 3.72. The summed E-state index contributed by atoms with van der Waals surface area (Å²) in [5, 5.41) is 7.20. The van der Waals surface area contributed by atoms with Crippen molar-refractivity contribution < 1.29 is 4.79 Å². The van der Waals surface area contributed by atoms with Crippen LogP contribution in [0.25, 0.3) is 6.08 Å². The molecule has 1 aliphatic carbocycles. The molecule has 1 atom stereocenters. The number of carbonyl (C=O) groups excluding carboxylic acids is 1. The summed E-state index contributed by atoms with van der Waals surface area (Å²) in [5.41, 5.74) is 0.896. The first-order valence-corrected chi connectivity index (χ1v) is 7.16. The molecule has 0 saturated heterocycles. The molecular formula is C16H18N4O. The third kappa shape index (κ3) is 3.37. The molecule has 0 radical (unpaired) electrons. The number of rotatable bonds is 5. The van der Waals surface area contributed by atoms with Crippen molar-refractivity contribution in [1.82, 2.24) is 14.8 Å². The van der Waals surface area contributed by atoms with Crippen molar-refractivity contribution in [2.24, 2.45) is 5.92 Å². The third-order valence-corrected chi connectivity index (χ3v) is 3.72. The Morgan fingerprint density at radius 2 is 2.29 bits per heavy atom. The van der Waals surface area contributed by atoms with E-state index in [-0.39, 0.29) is 5.91 Å². The van der Waals surface area contributed by atoms with Gasteiger partial charge >= 0.3 is 0 Å². The molecule has 3 rings (SSSR count). The molecule has 5 nitrogen and oxygen atoms in total. The summed E-state index contributed by atoms with van der Waals surface area (Å²) in [6.07, 6.45) is 10.9. The Morgan fingerprint density at radius 3 is 3.00 bits per heavy atom. The average molecular weight is 282 g/mol. The number of aromatic nitrogens is 3. The largest absolute Gasteiger partial charge is 0.307 e. The second-order valence-electron chi connectivity index (χ2n) is 5.35. The first-order chi connectivity index (χ1) is 10.2. The number of pyridine rings is 1. The number of hydrogen-bond acceptors (Lipinski definition) is 3. The van der Waals surface area contributed by atoms with Gasteiger partial charge in [-0.15, -0.1) is 0 Å². The molecular weight excluding hydrogens is 264 g/mol. The van der Waals surface area contributed by atoms with E-state index in [0.29, 0.717) is 12.0 Å². The first-order valence-electron chi connectivity index (χ1n) is 7.16. The van der Waals surface area contributed by atoms with Gasteiger partial charge in [-0.05, 0) is 43.4 Å². The molecule has 2 aromatic rings. The number of anilines is 1. The number of hydrogen-bond donors (Lipinski definition) is 1. The van der Waals surface area contributed by atoms with Crippen molar-refractivity contribution in [1.29, 1.82) is 0 Å². The average Bonchev–Trinajstić information content (AvgIpc) is 3.26. The normalized spacial score (nSPS) is 16.0. The monoisotopic (exact) mass is 282 g/mol. The van der Waals surface area contributed by atoms with Crippen LogP contribution in [0.15, 0.2) is 42.9 Å². The molecule has 1 aliphatic rings. The highest BCUT2D eigenvalue weighted by Crippen LogP contribution is 2.40. The lowest BCUT2D eigenvalue weighted by Gasteiger charge is -2.14. The summed E-state index contributed by atoms with van der Waals surface area (Å²) in [7, 11) is 0. The lowest BCUT2D eigenvalue weighted by atomic mass is 10.2. The Labute approximate surface area is 123 Å². The molecule has 5 heteroatoms. The van der Waals surface area contributed by atoms with E-state index in [1.165, 1.54) is 18.9 Å². The first kappa shape index (κ1) is 13.5. The SMILES string of the molecule is CC(C1CC1)n1nccc1NC(=O)/C=C/c1cccnc1. The zero-order chi connectivity index (χ0) is 14.7. The quantitative estimate of drug-likeness (QED) is 0.858. The molecule has 108 valence electrons. The standard InChI is InChI=1S/C16H18N4O/c1-12(14-5-6-14)20-15(8-10-18-20)19-16(21)7-4-13-3-2-9-17-11-13/h2-4,7-12,14H,5-6H2,1H3,(H,19,21)/b7-4+. The van der Waals surface area contributed by atoms with E-state index in [4.69, 9.17) is 0 Å². The number of amides is 1. The van der Waals surface area contributed by atoms with Crippen LogP contribution in [0.2, 0.25) is 0 Å². The van der Waals surface area contributed by atoms with Crippen molar-refractivity contribution >= 4 is 17.8 Å². The fourth-order valence-corrected chi connectivity index (χ4v) is 2.33. The molecule has 0 aromatic carbocycles. The lowest BCUT2D eigenvalue weighted by molar-refractivity contribution is -0.111. The molecule has 2 aromatic heterocycles. The maximum Gasteiger partial charge on any atom is 0.249 e. The fraction of sp³-hybridized carbons (Fsp3) is 0.312. The van der Waals surface area contributed by atoms with E-state index in [0.717, 1.165) is 11.4 Å². The van der Waals surface area contributed by atoms with Crippen LogP contribution in [0.4, 0.5) is 5.82 Å². The predicted molar refractivity (Wildman–Crippen MR) is 81.6 cm³/mol. The van der Waals surface area contributed by atoms with Crippen molar-refractivity contribution in [2.45, 2.75) is 25.8 Å². The van der Waals surface area contributed by atoms with E-state index in [1.807, 2.05) is 22.9 Å². The minimum Gasteiger partial charge on any atom is -0.307 e. The minimum atomic E-state index is -0.163. The summed E-state index contributed by atoms with van der Waals surface area (Å²) in [6, 6.07) is 5.90. The van der Waals surface area contributed by atoms with E-state index in [1.54, 1.807) is 24.7 Å². The number of nitrogens with zero attached hydrogens (tertiary/aromatic N) is 3. The fourth-order valence-electron chi connectivity index (χ4n) is 2.33. The van der Waals surface area contributed by atoms with Gasteiger partial charge in [-0.3, -0.25) is 9.78 Å². The van der Waals surface area contributed by atoms with Gasteiger partial charge in [0.15, 0.2) is 0 Å². The van der Waals surface area contributed by atoms with Crippen LogP contribution in [0, 0.1) is 5.92 Å². The Hall–Kier alpha value is -2.43. The van der Waals surface area contributed by atoms with Crippen molar-refractivity contribution in [3.8, 4) is 0 Å². The molecule has 1 amide bonds. The zero-order valence-electron chi connectivity index (χ0n) is 11.9. The maximum atomic E-state index is 12.0. The van der Waals surface area contributed by atoms with Gasteiger partial charge < -0.3 is 5.32 Å². The highest BCUT2D eigenvalue weighted by Gasteiger charge is 2.30.